The van der Waals surface area contributed by atoms with Gasteiger partial charge in [0.15, 0.2) is 0 Å². The van der Waals surface area contributed by atoms with Gasteiger partial charge in [0.05, 0.1) is 36.8 Å². The van der Waals surface area contributed by atoms with Crippen molar-refractivity contribution < 1.29 is 28.6 Å². The molecule has 0 aliphatic carbocycles. The second-order valence-electron chi connectivity index (χ2n) is 6.91. The third kappa shape index (κ3) is 4.64. The number of carbonyl (C=O) groups excluding carboxylic acids is 3. The van der Waals surface area contributed by atoms with Crippen LogP contribution in [0.5, 0.6) is 5.75 Å². The molecule has 3 rings (SSSR count). The zero-order chi connectivity index (χ0) is 21.8. The van der Waals surface area contributed by atoms with E-state index in [0.717, 1.165) is 10.0 Å². The Kier molecular flexibility index (Phi) is 6.77. The first kappa shape index (κ1) is 21.8. The number of amides is 1. The van der Waals surface area contributed by atoms with Crippen molar-refractivity contribution in [2.45, 2.75) is 25.5 Å². The average Bonchev–Trinajstić information content (AvgIpc) is 3.16. The van der Waals surface area contributed by atoms with Crippen molar-refractivity contribution >= 4 is 33.8 Å². The van der Waals surface area contributed by atoms with Crippen LogP contribution >= 0.6 is 15.9 Å². The molecule has 0 aromatic heterocycles. The van der Waals surface area contributed by atoms with Crippen molar-refractivity contribution in [1.82, 2.24) is 4.90 Å². The number of hydrogen-bond acceptors (Lipinski definition) is 6. The minimum atomic E-state index is -0.457. The molecule has 0 spiro atoms. The molecule has 0 N–H and O–H groups in total. The maximum absolute atomic E-state index is 13.3. The Bertz CT molecular complexity index is 976. The molecule has 1 amide bonds. The van der Waals surface area contributed by atoms with Crippen molar-refractivity contribution in [2.75, 3.05) is 20.8 Å². The molecule has 1 saturated heterocycles. The van der Waals surface area contributed by atoms with Gasteiger partial charge in [-0.05, 0) is 51.8 Å². The van der Waals surface area contributed by atoms with Gasteiger partial charge in [-0.2, -0.15) is 0 Å². The largest absolute Gasteiger partial charge is 0.496 e. The van der Waals surface area contributed by atoms with Crippen molar-refractivity contribution in [3.8, 4) is 5.75 Å². The lowest BCUT2D eigenvalue weighted by molar-refractivity contribution is -0.145. The maximum Gasteiger partial charge on any atom is 0.337 e. The summed E-state index contributed by atoms with van der Waals surface area (Å²) in [5.74, 6) is -0.534. The number of rotatable bonds is 5. The van der Waals surface area contributed by atoms with Crippen LogP contribution in [0.1, 0.15) is 45.7 Å². The van der Waals surface area contributed by atoms with Gasteiger partial charge in [-0.15, -0.1) is 0 Å². The van der Waals surface area contributed by atoms with Crippen LogP contribution < -0.4 is 4.74 Å². The summed E-state index contributed by atoms with van der Waals surface area (Å²) in [7, 11) is 2.85. The highest BCUT2D eigenvalue weighted by Crippen LogP contribution is 2.36. The number of carbonyl (C=O) groups is 3. The molecule has 2 aromatic rings. The molecule has 8 heteroatoms. The van der Waals surface area contributed by atoms with Gasteiger partial charge in [0.2, 0.25) is 0 Å². The van der Waals surface area contributed by atoms with Crippen molar-refractivity contribution in [2.24, 2.45) is 0 Å². The molecule has 2 atom stereocenters. The summed E-state index contributed by atoms with van der Waals surface area (Å²) in [4.78, 5) is 38.4. The van der Waals surface area contributed by atoms with E-state index in [1.165, 1.54) is 21.1 Å². The van der Waals surface area contributed by atoms with Gasteiger partial charge >= 0.3 is 11.9 Å². The highest BCUT2D eigenvalue weighted by atomic mass is 79.9. The molecule has 1 aliphatic heterocycles. The van der Waals surface area contributed by atoms with Crippen molar-refractivity contribution in [1.29, 1.82) is 0 Å². The molecular weight excluding hydrogens is 454 g/mol. The van der Waals surface area contributed by atoms with Crippen LogP contribution in [0, 0.1) is 0 Å². The van der Waals surface area contributed by atoms with Crippen LogP contribution in [0.3, 0.4) is 0 Å². The quantitative estimate of drug-likeness (QED) is 0.612. The van der Waals surface area contributed by atoms with Crippen LogP contribution in [0.25, 0.3) is 0 Å². The van der Waals surface area contributed by atoms with Crippen molar-refractivity contribution in [3.63, 3.8) is 0 Å². The Morgan fingerprint density at radius 2 is 1.83 bits per heavy atom. The van der Waals surface area contributed by atoms with Crippen LogP contribution in [0.15, 0.2) is 46.9 Å². The van der Waals surface area contributed by atoms with E-state index in [-0.39, 0.29) is 18.5 Å². The van der Waals surface area contributed by atoms with Gasteiger partial charge in [0, 0.05) is 18.9 Å². The molecule has 1 heterocycles. The molecule has 1 fully saturated rings. The molecule has 1 unspecified atom stereocenters. The predicted octanol–water partition coefficient (Wildman–Crippen LogP) is 3.76. The van der Waals surface area contributed by atoms with Gasteiger partial charge in [0.1, 0.15) is 11.9 Å². The summed E-state index contributed by atoms with van der Waals surface area (Å²) in [6, 6.07) is 11.7. The zero-order valence-corrected chi connectivity index (χ0v) is 18.5. The van der Waals surface area contributed by atoms with E-state index in [0.29, 0.717) is 23.3 Å². The predicted molar refractivity (Wildman–Crippen MR) is 112 cm³/mol. The Morgan fingerprint density at radius 1 is 1.07 bits per heavy atom. The lowest BCUT2D eigenvalue weighted by atomic mass is 10.0. The van der Waals surface area contributed by atoms with Gasteiger partial charge in [-0.1, -0.05) is 12.1 Å². The maximum atomic E-state index is 13.3. The third-order valence-electron chi connectivity index (χ3n) is 4.95. The van der Waals surface area contributed by atoms with Gasteiger partial charge in [-0.3, -0.25) is 9.59 Å². The number of methoxy groups -OCH3 is 2. The van der Waals surface area contributed by atoms with E-state index in [1.54, 1.807) is 41.3 Å². The Labute approximate surface area is 183 Å². The smallest absolute Gasteiger partial charge is 0.337 e. The van der Waals surface area contributed by atoms with Crippen LogP contribution in [0.4, 0.5) is 0 Å². The number of benzene rings is 2. The molecule has 1 aliphatic rings. The van der Waals surface area contributed by atoms with E-state index in [4.69, 9.17) is 14.2 Å². The van der Waals surface area contributed by atoms with E-state index in [2.05, 4.69) is 15.9 Å². The monoisotopic (exact) mass is 475 g/mol. The second-order valence-corrected chi connectivity index (χ2v) is 7.76. The first-order valence-electron chi connectivity index (χ1n) is 9.34. The fourth-order valence-corrected chi connectivity index (χ4v) is 4.02. The fourth-order valence-electron chi connectivity index (χ4n) is 3.61. The van der Waals surface area contributed by atoms with Crippen molar-refractivity contribution in [3.05, 3.63) is 63.6 Å². The minimum Gasteiger partial charge on any atom is -0.496 e. The summed E-state index contributed by atoms with van der Waals surface area (Å²) in [6.45, 7) is 1.60. The Hall–Kier alpha value is -2.87. The van der Waals surface area contributed by atoms with Gasteiger partial charge in [-0.25, -0.2) is 4.79 Å². The lowest BCUT2D eigenvalue weighted by Crippen LogP contribution is -2.32. The van der Waals surface area contributed by atoms with E-state index >= 15 is 0 Å². The zero-order valence-electron chi connectivity index (χ0n) is 16.9. The highest BCUT2D eigenvalue weighted by Gasteiger charge is 2.38. The normalized spacial score (nSPS) is 18.1. The summed E-state index contributed by atoms with van der Waals surface area (Å²) in [6.07, 6.45) is -0.000515. The standard InChI is InChI=1S/C22H22BrNO6/c1-13(25)30-17-11-19(14-5-4-6-16(9-14)22(27)29-3)24(12-17)21(26)15-7-8-18(23)20(10-15)28-2/h4-10,17,19H,11-12H2,1-3H3/t17?,19-/m1/s1. The van der Waals surface area contributed by atoms with Crippen LogP contribution in [-0.4, -0.2) is 49.6 Å². The summed E-state index contributed by atoms with van der Waals surface area (Å²) >= 11 is 3.39. The summed E-state index contributed by atoms with van der Waals surface area (Å²) in [5, 5.41) is 0. The molecule has 2 aromatic carbocycles. The molecule has 7 nitrogen and oxygen atoms in total. The fraction of sp³-hybridized carbons (Fsp3) is 0.318. The topological polar surface area (TPSA) is 82.1 Å². The number of hydrogen-bond donors (Lipinski definition) is 0. The molecule has 158 valence electrons. The number of likely N-dealkylation sites (tertiary alicyclic amines) is 1. The Balaban J connectivity index is 1.96. The van der Waals surface area contributed by atoms with E-state index < -0.39 is 18.0 Å². The molecular formula is C22H22BrNO6. The summed E-state index contributed by atoms with van der Waals surface area (Å²) in [5.41, 5.74) is 1.61. The van der Waals surface area contributed by atoms with Crippen LogP contribution in [-0.2, 0) is 14.3 Å². The number of halogens is 1. The van der Waals surface area contributed by atoms with E-state index in [1.807, 2.05) is 6.07 Å². The molecule has 0 bridgehead atoms. The first-order valence-corrected chi connectivity index (χ1v) is 10.1. The first-order chi connectivity index (χ1) is 14.3. The molecule has 30 heavy (non-hydrogen) atoms. The molecule has 0 radical (unpaired) electrons. The average molecular weight is 476 g/mol. The van der Waals surface area contributed by atoms with Gasteiger partial charge in [0.25, 0.3) is 5.91 Å². The molecule has 0 saturated carbocycles. The third-order valence-corrected chi connectivity index (χ3v) is 5.60. The van der Waals surface area contributed by atoms with Crippen LogP contribution in [0.2, 0.25) is 0 Å². The number of esters is 2. The van der Waals surface area contributed by atoms with E-state index in [9.17, 15) is 14.4 Å². The van der Waals surface area contributed by atoms with Gasteiger partial charge < -0.3 is 19.1 Å². The minimum absolute atomic E-state index is 0.219. The number of nitrogens with zero attached hydrogens (tertiary/aromatic N) is 1. The second kappa shape index (κ2) is 9.30. The highest BCUT2D eigenvalue weighted by molar-refractivity contribution is 9.10. The SMILES string of the molecule is COC(=O)c1cccc([C@H]2CC(OC(C)=O)CN2C(=O)c2ccc(Br)c(OC)c2)c1. The Morgan fingerprint density at radius 3 is 2.50 bits per heavy atom. The number of ether oxygens (including phenoxy) is 3. The lowest BCUT2D eigenvalue weighted by Gasteiger charge is -2.25. The summed E-state index contributed by atoms with van der Waals surface area (Å²) < 4.78 is 16.2.